The molecule has 0 heterocycles. The fraction of sp³-hybridized carbons (Fsp3) is 0.578. The van der Waals surface area contributed by atoms with Crippen LogP contribution in [-0.4, -0.2) is 52.9 Å². The third-order valence-electron chi connectivity index (χ3n) is 32.6. The van der Waals surface area contributed by atoms with Crippen LogP contribution in [0.5, 0.6) is 46.0 Å². The summed E-state index contributed by atoms with van der Waals surface area (Å²) in [6.45, 7) is 27.7. The molecule has 8 nitrogen and oxygen atoms in total. The fourth-order valence-electron chi connectivity index (χ4n) is 23.6. The Kier molecular flexibility index (Phi) is 49.9. The highest BCUT2D eigenvalue weighted by Gasteiger charge is 2.35. The van der Waals surface area contributed by atoms with Crippen molar-refractivity contribution in [3.05, 3.63) is 238 Å². The van der Waals surface area contributed by atoms with E-state index >= 15 is 0 Å². The summed E-state index contributed by atoms with van der Waals surface area (Å²) in [6.07, 6.45) is 50.3. The Morgan fingerprint density at radius 1 is 0.219 bits per heavy atom. The third-order valence-corrected chi connectivity index (χ3v) is 32.6. The predicted molar refractivity (Wildman–Crippen MR) is 577 cm³/mol. The van der Waals surface area contributed by atoms with E-state index in [1.165, 1.54) is 287 Å². The molecule has 7 fully saturated rings. The second kappa shape index (κ2) is 62.3. The van der Waals surface area contributed by atoms with Crippen LogP contribution in [0, 0.1) is 136 Å². The van der Waals surface area contributed by atoms with Gasteiger partial charge in [-0.25, -0.2) is 8.78 Å². The Morgan fingerprint density at radius 2 is 0.466 bits per heavy atom. The lowest BCUT2D eigenvalue weighted by Crippen LogP contribution is -2.27. The van der Waals surface area contributed by atoms with Crippen LogP contribution in [-0.2, 0) is 6.42 Å². The van der Waals surface area contributed by atoms with Gasteiger partial charge in [-0.05, 0) is 371 Å². The van der Waals surface area contributed by atoms with Crippen molar-refractivity contribution < 1.29 is 81.8 Å². The van der Waals surface area contributed by atoms with Gasteiger partial charge in [0.15, 0.2) is 57.6 Å². The van der Waals surface area contributed by atoms with Crippen molar-refractivity contribution >= 4 is 0 Å². The van der Waals surface area contributed by atoms with E-state index in [2.05, 4.69) is 121 Å². The van der Waals surface area contributed by atoms with E-state index < -0.39 is 58.2 Å². The number of rotatable bonds is 38. The number of halogens is 10. The van der Waals surface area contributed by atoms with E-state index in [4.69, 9.17) is 37.9 Å². The first-order chi connectivity index (χ1) is 70.9. The van der Waals surface area contributed by atoms with Gasteiger partial charge in [-0.15, -0.1) is 0 Å². The molecule has 7 saturated carbocycles. The SMILES string of the molecule is CCCC1CCC(C2CCC(COc3ccc(OCC)c(F)c3F)CC2)CC1.CCCC1CCC(COc2ccc(OCC)c(F)c2F)CC1.CCCCOc1ccc(-c2ccc(C3CCC(CCC)CC3)cc2)c(F)c1F.CCCc1ccc(-c2ccc(C)cc2)cc1.CCOc1ccc(-c2ccc(C3CCC(CC)CC3)cc2)c(F)c1F.CCOc1ccc(OCC2CCC(C3CCC(CC)CC3)CC2)c(F)c1F. The van der Waals surface area contributed by atoms with Gasteiger partial charge in [-0.1, -0.05) is 254 Å². The molecule has 0 aliphatic heterocycles. The lowest BCUT2D eigenvalue weighted by molar-refractivity contribution is 0.120. The van der Waals surface area contributed by atoms with Gasteiger partial charge in [-0.3, -0.25) is 0 Å². The van der Waals surface area contributed by atoms with Crippen LogP contribution < -0.4 is 37.9 Å². The average Bonchev–Trinajstić information content (AvgIpc) is 0.787. The molecule has 0 amide bonds. The van der Waals surface area contributed by atoms with Crippen molar-refractivity contribution in [1.82, 2.24) is 0 Å². The zero-order valence-corrected chi connectivity index (χ0v) is 90.1. The van der Waals surface area contributed by atoms with Crippen molar-refractivity contribution in [3.8, 4) is 79.4 Å². The monoisotopic (exact) mass is 2030 g/mol. The van der Waals surface area contributed by atoms with Gasteiger partial charge in [0.05, 0.1) is 52.9 Å². The Hall–Kier alpha value is -9.32. The minimum absolute atomic E-state index is 0.00248. The second-order valence-corrected chi connectivity index (χ2v) is 42.6. The van der Waals surface area contributed by atoms with Gasteiger partial charge in [0, 0.05) is 11.1 Å². The van der Waals surface area contributed by atoms with Crippen LogP contribution in [0.25, 0.3) is 33.4 Å². The molecule has 9 aromatic rings. The number of aryl methyl sites for hydroxylation is 2. The largest absolute Gasteiger partial charge is 0.491 e. The van der Waals surface area contributed by atoms with Crippen molar-refractivity contribution in [2.75, 3.05) is 52.9 Å². The van der Waals surface area contributed by atoms with Gasteiger partial charge >= 0.3 is 0 Å². The third kappa shape index (κ3) is 35.1. The summed E-state index contributed by atoms with van der Waals surface area (Å²) >= 11 is 0. The van der Waals surface area contributed by atoms with E-state index in [0.717, 1.165) is 105 Å². The summed E-state index contributed by atoms with van der Waals surface area (Å²) in [5, 5.41) is 0. The highest BCUT2D eigenvalue weighted by atomic mass is 19.2. The molecule has 18 heteroatoms. The van der Waals surface area contributed by atoms with Crippen molar-refractivity contribution in [1.29, 1.82) is 0 Å². The van der Waals surface area contributed by atoms with Crippen LogP contribution in [0.1, 0.15) is 361 Å². The van der Waals surface area contributed by atoms with E-state index in [0.29, 0.717) is 99.1 Å². The lowest BCUT2D eigenvalue weighted by Gasteiger charge is -2.37. The van der Waals surface area contributed by atoms with Crippen LogP contribution in [0.15, 0.2) is 158 Å². The lowest BCUT2D eigenvalue weighted by atomic mass is 9.69. The van der Waals surface area contributed by atoms with Gasteiger partial charge in [0.25, 0.3) is 0 Å². The molecule has 9 aromatic carbocycles. The molecule has 0 atom stereocenters. The number of unbranched alkanes of at least 4 members (excludes halogenated alkanes) is 1. The first-order valence-corrected chi connectivity index (χ1v) is 56.7. The zero-order chi connectivity index (χ0) is 104. The number of ether oxygens (including phenoxy) is 8. The summed E-state index contributed by atoms with van der Waals surface area (Å²) < 4.78 is 184. The maximum Gasteiger partial charge on any atom is 0.204 e. The molecule has 0 aromatic heterocycles. The highest BCUT2D eigenvalue weighted by molar-refractivity contribution is 5.67. The fourth-order valence-corrected chi connectivity index (χ4v) is 23.6. The standard InChI is InChI=1S/C25H32F2O.C24H36F2O2.C23H34F2O2.C22H26F2O.C18H26F2O2.C16H18/c1-3-5-17-28-23-16-15-22(24(26)25(23)27)21-13-11-20(12-14-21)19-9-7-18(6-4-2)8-10-19;1-3-5-17-6-10-19(11-7-17)20-12-8-18(9-13-20)16-28-22-15-14-21(27-4-2)23(25)24(22)26;1-3-16-5-9-18(10-6-16)19-11-7-17(8-12-19)15-27-21-14-13-20(26-4-2)22(24)23(21)25;1-3-15-5-7-16(8-6-15)17-9-11-18(12-10-17)19-13-14-20(25-4-2)22(24)21(19)23;1-3-5-13-6-8-14(9-7-13)12-22-16-11-10-15(21-4-2)17(19)18(16)20;1-3-4-14-7-11-16(12-8-14)15-9-5-13(2)6-10-15/h11-16,18-19H,3-10,17H2,1-2H3;14-15,17-20H,3-13,16H2,1-2H3;13-14,16-19H,3-12,15H2,1-2H3;9-16H,3-8H2,1-2H3;10-11,13-14H,3-9,12H2,1-2H3;5-12H,3-4H2,1-2H3. The molecule has 802 valence electrons. The van der Waals surface area contributed by atoms with Crippen LogP contribution in [0.4, 0.5) is 43.9 Å². The van der Waals surface area contributed by atoms with Crippen LogP contribution in [0.2, 0.25) is 0 Å². The van der Waals surface area contributed by atoms with E-state index in [1.54, 1.807) is 39.8 Å². The Bertz CT molecular complexity index is 5210. The van der Waals surface area contributed by atoms with Gasteiger partial charge in [0.2, 0.25) is 46.5 Å². The molecular weight excluding hydrogens is 1860 g/mol. The smallest absolute Gasteiger partial charge is 0.204 e. The van der Waals surface area contributed by atoms with E-state index in [9.17, 15) is 43.9 Å². The topological polar surface area (TPSA) is 73.8 Å². The first-order valence-electron chi connectivity index (χ1n) is 56.7. The maximum atomic E-state index is 14.6. The number of benzene rings is 9. The molecule has 16 rings (SSSR count). The van der Waals surface area contributed by atoms with Crippen molar-refractivity contribution in [3.63, 3.8) is 0 Å². The summed E-state index contributed by atoms with van der Waals surface area (Å²) in [7, 11) is 0. The first kappa shape index (κ1) is 117. The zero-order valence-electron chi connectivity index (χ0n) is 90.1. The minimum atomic E-state index is -0.967. The molecule has 7 aliphatic rings. The quantitative estimate of drug-likeness (QED) is 0.0280. The van der Waals surface area contributed by atoms with Crippen LogP contribution >= 0.6 is 0 Å². The molecule has 0 unspecified atom stereocenters. The molecule has 146 heavy (non-hydrogen) atoms. The molecule has 0 spiro atoms. The van der Waals surface area contributed by atoms with Crippen molar-refractivity contribution in [2.45, 2.75) is 352 Å². The Balaban J connectivity index is 0.000000168. The Morgan fingerprint density at radius 3 is 0.760 bits per heavy atom. The summed E-state index contributed by atoms with van der Waals surface area (Å²) in [4.78, 5) is 0. The Labute approximate surface area is 869 Å². The summed E-state index contributed by atoms with van der Waals surface area (Å²) in [5.41, 5.74) is 9.95. The van der Waals surface area contributed by atoms with Gasteiger partial charge in [-0.2, -0.15) is 35.1 Å². The highest BCUT2D eigenvalue weighted by Crippen LogP contribution is 2.48. The molecule has 7 aliphatic carbocycles. The van der Waals surface area contributed by atoms with E-state index in [-0.39, 0.29) is 51.6 Å². The number of hydrogen-bond donors (Lipinski definition) is 0. The normalized spacial score (nSPS) is 22.4. The van der Waals surface area contributed by atoms with Gasteiger partial charge in [0.1, 0.15) is 0 Å². The molecular formula is C128H172F10O8. The number of hydrogen-bond acceptors (Lipinski definition) is 8. The van der Waals surface area contributed by atoms with Crippen LogP contribution in [0.3, 0.4) is 0 Å². The van der Waals surface area contributed by atoms with Gasteiger partial charge < -0.3 is 37.9 Å². The predicted octanol–water partition coefficient (Wildman–Crippen LogP) is 38.5. The summed E-state index contributed by atoms with van der Waals surface area (Å²) in [5.74, 6) is 1.14. The maximum absolute atomic E-state index is 14.6. The summed E-state index contributed by atoms with van der Waals surface area (Å²) in [6, 6.07) is 48.5. The minimum Gasteiger partial charge on any atom is -0.491 e. The second-order valence-electron chi connectivity index (χ2n) is 42.6. The molecule has 0 radical (unpaired) electrons. The van der Waals surface area contributed by atoms with Crippen molar-refractivity contribution in [2.24, 2.45) is 71.0 Å². The average molecular weight is 2030 g/mol. The molecule has 0 saturated heterocycles. The van der Waals surface area contributed by atoms with E-state index in [1.807, 2.05) is 31.2 Å². The molecule has 0 N–H and O–H groups in total. The molecule has 0 bridgehead atoms.